The Morgan fingerprint density at radius 3 is 2.62 bits per heavy atom. The van der Waals surface area contributed by atoms with E-state index in [1.165, 1.54) is 12.1 Å². The average Bonchev–Trinajstić information content (AvgIpc) is 2.73. The average molecular weight is 489 g/mol. The number of benzene rings is 2. The highest BCUT2D eigenvalue weighted by molar-refractivity contribution is 7.99. The lowest BCUT2D eigenvalue weighted by molar-refractivity contribution is -0.274. The van der Waals surface area contributed by atoms with E-state index in [9.17, 15) is 23.1 Å². The highest BCUT2D eigenvalue weighted by Crippen LogP contribution is 2.31. The fraction of sp³-hybridized carbons (Fsp3) is 0.409. The van der Waals surface area contributed by atoms with Gasteiger partial charge in [-0.2, -0.15) is 0 Å². The normalized spacial score (nSPS) is 15.0. The van der Waals surface area contributed by atoms with Gasteiger partial charge in [0.05, 0.1) is 6.10 Å². The van der Waals surface area contributed by atoms with E-state index in [1.54, 1.807) is 23.9 Å². The first-order valence-electron chi connectivity index (χ1n) is 10.2. The van der Waals surface area contributed by atoms with Gasteiger partial charge in [0.2, 0.25) is 0 Å². The van der Waals surface area contributed by atoms with Crippen LogP contribution in [-0.2, 0) is 6.54 Å². The number of amides is 1. The summed E-state index contributed by atoms with van der Waals surface area (Å²) in [6.45, 7) is 3.13. The fourth-order valence-corrected chi connectivity index (χ4v) is 4.46. The molecule has 0 saturated carbocycles. The van der Waals surface area contributed by atoms with Crippen molar-refractivity contribution in [2.75, 3.05) is 23.7 Å². The molecule has 2 aromatic rings. The predicted octanol–water partition coefficient (Wildman–Crippen LogP) is 5.24. The molecule has 1 fully saturated rings. The Morgan fingerprint density at radius 1 is 1.25 bits per heavy atom. The largest absolute Gasteiger partial charge is 0.573 e. The van der Waals surface area contributed by atoms with Crippen LogP contribution in [0.3, 0.4) is 0 Å². The Bertz CT molecular complexity index is 951. The SMILES string of the molecule is CCSc1ccc(Cl)cc1CNC(=O)c1cc(OC(F)(F)F)cc(N2CCC(O)CC2)c1. The number of piperidine rings is 1. The lowest BCUT2D eigenvalue weighted by atomic mass is 10.1. The molecule has 0 atom stereocenters. The Balaban J connectivity index is 1.82. The summed E-state index contributed by atoms with van der Waals surface area (Å²) < 4.78 is 42.6. The molecule has 1 saturated heterocycles. The molecule has 0 aromatic heterocycles. The molecule has 0 spiro atoms. The Hall–Kier alpha value is -2.10. The van der Waals surface area contributed by atoms with Crippen LogP contribution in [0, 0.1) is 0 Å². The number of carbonyl (C=O) groups is 1. The number of aliphatic hydroxyl groups is 1. The van der Waals surface area contributed by atoms with Gasteiger partial charge in [0.1, 0.15) is 5.75 Å². The van der Waals surface area contributed by atoms with Crippen LogP contribution in [0.5, 0.6) is 5.75 Å². The van der Waals surface area contributed by atoms with E-state index in [4.69, 9.17) is 11.6 Å². The van der Waals surface area contributed by atoms with Crippen LogP contribution in [0.2, 0.25) is 5.02 Å². The topological polar surface area (TPSA) is 61.8 Å². The summed E-state index contributed by atoms with van der Waals surface area (Å²) in [6, 6.07) is 9.27. The number of carbonyl (C=O) groups excluding carboxylic acids is 1. The molecular weight excluding hydrogens is 465 g/mol. The zero-order valence-electron chi connectivity index (χ0n) is 17.4. The molecule has 1 amide bonds. The second-order valence-corrected chi connectivity index (χ2v) is 9.09. The minimum absolute atomic E-state index is 0.0552. The van der Waals surface area contributed by atoms with Crippen LogP contribution < -0.4 is 15.0 Å². The molecule has 0 radical (unpaired) electrons. The third kappa shape index (κ3) is 6.95. The standard InChI is InChI=1S/C22H24ClF3N2O3S/c1-2-32-20-4-3-16(23)9-15(20)13-27-21(30)14-10-17(28-7-5-18(29)6-8-28)12-19(11-14)31-22(24,25)26/h3-4,9-12,18,29H,2,5-8,13H2,1H3,(H,27,30). The van der Waals surface area contributed by atoms with Crippen molar-refractivity contribution < 1.29 is 27.8 Å². The molecule has 1 heterocycles. The Morgan fingerprint density at radius 2 is 1.97 bits per heavy atom. The van der Waals surface area contributed by atoms with Gasteiger partial charge in [0, 0.05) is 46.9 Å². The monoisotopic (exact) mass is 488 g/mol. The van der Waals surface area contributed by atoms with E-state index in [2.05, 4.69) is 10.1 Å². The number of halogens is 4. The van der Waals surface area contributed by atoms with Gasteiger partial charge in [0.15, 0.2) is 0 Å². The highest BCUT2D eigenvalue weighted by Gasteiger charge is 2.32. The van der Waals surface area contributed by atoms with Crippen molar-refractivity contribution in [2.24, 2.45) is 0 Å². The first-order valence-corrected chi connectivity index (χ1v) is 11.5. The van der Waals surface area contributed by atoms with Crippen LogP contribution in [-0.4, -0.2) is 42.3 Å². The molecule has 1 aliphatic rings. The van der Waals surface area contributed by atoms with E-state index in [0.717, 1.165) is 22.3 Å². The minimum Gasteiger partial charge on any atom is -0.406 e. The third-order valence-electron chi connectivity index (χ3n) is 4.98. The van der Waals surface area contributed by atoms with Crippen LogP contribution in [0.25, 0.3) is 0 Å². The molecular formula is C22H24ClF3N2O3S. The van der Waals surface area contributed by atoms with Crippen molar-refractivity contribution in [3.05, 3.63) is 52.5 Å². The lowest BCUT2D eigenvalue weighted by Gasteiger charge is -2.32. The summed E-state index contributed by atoms with van der Waals surface area (Å²) in [6.07, 6.45) is -4.31. The molecule has 32 heavy (non-hydrogen) atoms. The number of nitrogens with zero attached hydrogens (tertiary/aromatic N) is 1. The van der Waals surface area contributed by atoms with Crippen molar-refractivity contribution in [3.63, 3.8) is 0 Å². The number of ether oxygens (including phenoxy) is 1. The predicted molar refractivity (Wildman–Crippen MR) is 120 cm³/mol. The van der Waals surface area contributed by atoms with Crippen molar-refractivity contribution in [2.45, 2.75) is 43.7 Å². The number of anilines is 1. The second-order valence-electron chi connectivity index (χ2n) is 7.35. The third-order valence-corrected chi connectivity index (χ3v) is 6.21. The number of alkyl halides is 3. The van der Waals surface area contributed by atoms with E-state index in [1.807, 2.05) is 17.9 Å². The molecule has 0 unspecified atom stereocenters. The van der Waals surface area contributed by atoms with Crippen molar-refractivity contribution in [1.29, 1.82) is 0 Å². The molecule has 10 heteroatoms. The molecule has 1 aliphatic heterocycles. The van der Waals surface area contributed by atoms with Crippen LogP contribution in [0.15, 0.2) is 41.3 Å². The number of hydrogen-bond donors (Lipinski definition) is 2. The quantitative estimate of drug-likeness (QED) is 0.522. The number of nitrogens with one attached hydrogen (secondary N) is 1. The first-order chi connectivity index (χ1) is 15.1. The summed E-state index contributed by atoms with van der Waals surface area (Å²) in [5, 5.41) is 13.0. The summed E-state index contributed by atoms with van der Waals surface area (Å²) >= 11 is 7.69. The maximum absolute atomic E-state index is 12.8. The molecule has 174 valence electrons. The number of rotatable bonds is 7. The van der Waals surface area contributed by atoms with E-state index < -0.39 is 24.1 Å². The van der Waals surface area contributed by atoms with Gasteiger partial charge in [-0.1, -0.05) is 18.5 Å². The van der Waals surface area contributed by atoms with E-state index in [-0.39, 0.29) is 12.1 Å². The summed E-state index contributed by atoms with van der Waals surface area (Å²) in [5.41, 5.74) is 1.32. The summed E-state index contributed by atoms with van der Waals surface area (Å²) in [5.74, 6) is -0.146. The first kappa shape index (κ1) is 24.5. The molecule has 5 nitrogen and oxygen atoms in total. The smallest absolute Gasteiger partial charge is 0.406 e. The number of aliphatic hydroxyl groups excluding tert-OH is 1. The Labute approximate surface area is 193 Å². The molecule has 3 rings (SSSR count). The molecule has 2 N–H and O–H groups in total. The molecule has 0 aliphatic carbocycles. The molecule has 2 aromatic carbocycles. The van der Waals surface area contributed by atoms with E-state index >= 15 is 0 Å². The van der Waals surface area contributed by atoms with Crippen LogP contribution in [0.4, 0.5) is 18.9 Å². The molecule has 0 bridgehead atoms. The van der Waals surface area contributed by atoms with Gasteiger partial charge >= 0.3 is 6.36 Å². The number of thioether (sulfide) groups is 1. The second kappa shape index (κ2) is 10.7. The van der Waals surface area contributed by atoms with Crippen LogP contribution >= 0.6 is 23.4 Å². The summed E-state index contributed by atoms with van der Waals surface area (Å²) in [4.78, 5) is 15.6. The Kier molecular flexibility index (Phi) is 8.19. The highest BCUT2D eigenvalue weighted by atomic mass is 35.5. The fourth-order valence-electron chi connectivity index (χ4n) is 3.47. The summed E-state index contributed by atoms with van der Waals surface area (Å²) in [7, 11) is 0. The maximum atomic E-state index is 12.8. The van der Waals surface area contributed by atoms with Gasteiger partial charge in [-0.3, -0.25) is 4.79 Å². The van der Waals surface area contributed by atoms with Crippen LogP contribution in [0.1, 0.15) is 35.7 Å². The van der Waals surface area contributed by atoms with E-state index in [0.29, 0.717) is 36.6 Å². The minimum atomic E-state index is -4.88. The zero-order chi connectivity index (χ0) is 23.3. The van der Waals surface area contributed by atoms with Crippen molar-refractivity contribution in [3.8, 4) is 5.75 Å². The van der Waals surface area contributed by atoms with Gasteiger partial charge in [-0.25, -0.2) is 0 Å². The van der Waals surface area contributed by atoms with Gasteiger partial charge < -0.3 is 20.1 Å². The number of hydrogen-bond acceptors (Lipinski definition) is 5. The lowest BCUT2D eigenvalue weighted by Crippen LogP contribution is -2.36. The van der Waals surface area contributed by atoms with Crippen molar-refractivity contribution >= 4 is 35.0 Å². The van der Waals surface area contributed by atoms with Crippen molar-refractivity contribution in [1.82, 2.24) is 5.32 Å². The maximum Gasteiger partial charge on any atom is 0.573 e. The van der Waals surface area contributed by atoms with Gasteiger partial charge in [-0.15, -0.1) is 24.9 Å². The van der Waals surface area contributed by atoms with Gasteiger partial charge in [0.25, 0.3) is 5.91 Å². The zero-order valence-corrected chi connectivity index (χ0v) is 19.0. The van der Waals surface area contributed by atoms with Gasteiger partial charge in [-0.05, 0) is 54.5 Å².